The number of carbonyl (C=O) groups is 1. The van der Waals surface area contributed by atoms with Gasteiger partial charge in [0.05, 0.1) is 26.9 Å². The van der Waals surface area contributed by atoms with Gasteiger partial charge in [0.25, 0.3) is 0 Å². The summed E-state index contributed by atoms with van der Waals surface area (Å²) in [6.07, 6.45) is -0.366. The molecule has 36 heavy (non-hydrogen) atoms. The average molecular weight is 547 g/mol. The first kappa shape index (κ1) is 26.2. The molecule has 3 N–H and O–H groups in total. The van der Waals surface area contributed by atoms with Gasteiger partial charge < -0.3 is 10.4 Å². The second-order valence-electron chi connectivity index (χ2n) is 8.34. The van der Waals surface area contributed by atoms with E-state index in [0.29, 0.717) is 11.3 Å². The number of nitrogens with one attached hydrogen (secondary N) is 2. The second-order valence-corrected chi connectivity index (χ2v) is 13.5. The monoisotopic (exact) mass is 546 g/mol. The third kappa shape index (κ3) is 6.28. The van der Waals surface area contributed by atoms with Gasteiger partial charge in [-0.1, -0.05) is 42.5 Å². The lowest BCUT2D eigenvalue weighted by molar-refractivity contribution is -0.137. The fourth-order valence-electron chi connectivity index (χ4n) is 3.96. The summed E-state index contributed by atoms with van der Waals surface area (Å²) in [5.74, 6) is -1.40. The Balaban J connectivity index is 1.61. The molecule has 1 heterocycles. The Kier molecular flexibility index (Phi) is 8.04. The van der Waals surface area contributed by atoms with Gasteiger partial charge in [0.1, 0.15) is 5.50 Å². The number of benzene rings is 3. The minimum absolute atomic E-state index is 0.0141. The maximum Gasteiger partial charge on any atom is 0.303 e. The summed E-state index contributed by atoms with van der Waals surface area (Å²) in [6, 6.07) is 20.2. The van der Waals surface area contributed by atoms with Crippen LogP contribution in [0.2, 0.25) is 0 Å². The molecule has 0 radical (unpaired) electrons. The van der Waals surface area contributed by atoms with E-state index in [-0.39, 0.29) is 26.6 Å². The fourth-order valence-corrected chi connectivity index (χ4v) is 7.94. The Hall–Kier alpha value is -2.86. The predicted octanol–water partition coefficient (Wildman–Crippen LogP) is 3.58. The van der Waals surface area contributed by atoms with Gasteiger partial charge in [-0.15, -0.1) is 11.8 Å². The van der Waals surface area contributed by atoms with Crippen LogP contribution >= 0.6 is 11.8 Å². The first-order valence-electron chi connectivity index (χ1n) is 11.2. The lowest BCUT2D eigenvalue weighted by Gasteiger charge is -2.16. The van der Waals surface area contributed by atoms with E-state index in [2.05, 4.69) is 10.6 Å². The molecule has 0 aromatic heterocycles. The summed E-state index contributed by atoms with van der Waals surface area (Å²) in [4.78, 5) is 11.1. The third-order valence-corrected chi connectivity index (χ3v) is 10.4. The Morgan fingerprint density at radius 1 is 0.944 bits per heavy atom. The zero-order valence-corrected chi connectivity index (χ0v) is 21.7. The quantitative estimate of drug-likeness (QED) is 0.349. The van der Waals surface area contributed by atoms with Gasteiger partial charge in [-0.2, -0.15) is 0 Å². The highest BCUT2D eigenvalue weighted by molar-refractivity contribution is 8.00. The van der Waals surface area contributed by atoms with Crippen LogP contribution in [0.1, 0.15) is 17.9 Å². The Morgan fingerprint density at radius 3 is 2.28 bits per heavy atom. The molecule has 3 aromatic rings. The summed E-state index contributed by atoms with van der Waals surface area (Å²) in [7, 11) is -8.00. The van der Waals surface area contributed by atoms with Crippen molar-refractivity contribution in [1.29, 1.82) is 0 Å². The molecule has 190 valence electrons. The molecule has 0 spiro atoms. The standard InChI is InChI=1S/C25H26N2O6S3/c28-24(29)14-19(18-6-2-1-3-7-18)17-35(30,31)21-9-5-11-23(16-21)36(32,33)22-10-4-8-20(15-22)27-25-26-12-13-34-25/h1-11,15-16,19,25-27H,12-14,17H2,(H,28,29). The van der Waals surface area contributed by atoms with Crippen LogP contribution in [0.3, 0.4) is 0 Å². The third-order valence-electron chi connectivity index (χ3n) is 5.75. The second kappa shape index (κ2) is 11.0. The van der Waals surface area contributed by atoms with Crippen molar-refractivity contribution in [2.24, 2.45) is 0 Å². The number of sulfone groups is 2. The summed E-state index contributed by atoms with van der Waals surface area (Å²) in [5.41, 5.74) is 1.21. The van der Waals surface area contributed by atoms with Crippen molar-refractivity contribution in [2.45, 2.75) is 32.5 Å². The molecule has 0 aliphatic carbocycles. The van der Waals surface area contributed by atoms with Gasteiger partial charge in [-0.05, 0) is 42.0 Å². The molecule has 8 nitrogen and oxygen atoms in total. The number of hydrogen-bond acceptors (Lipinski definition) is 8. The highest BCUT2D eigenvalue weighted by Gasteiger charge is 2.27. The number of thioether (sulfide) groups is 1. The first-order chi connectivity index (χ1) is 17.1. The van der Waals surface area contributed by atoms with E-state index in [9.17, 15) is 26.7 Å². The van der Waals surface area contributed by atoms with Crippen LogP contribution in [0.25, 0.3) is 0 Å². The maximum absolute atomic E-state index is 13.4. The molecule has 11 heteroatoms. The highest BCUT2D eigenvalue weighted by Crippen LogP contribution is 2.29. The fraction of sp³-hybridized carbons (Fsp3) is 0.240. The molecule has 3 aromatic carbocycles. The van der Waals surface area contributed by atoms with E-state index in [1.807, 2.05) is 0 Å². The minimum Gasteiger partial charge on any atom is -0.481 e. The average Bonchev–Trinajstić information content (AvgIpc) is 3.37. The van der Waals surface area contributed by atoms with Gasteiger partial charge in [0.2, 0.25) is 9.84 Å². The van der Waals surface area contributed by atoms with E-state index < -0.39 is 37.3 Å². The van der Waals surface area contributed by atoms with Crippen molar-refractivity contribution in [3.63, 3.8) is 0 Å². The number of carboxylic acids is 1. The number of rotatable bonds is 10. The van der Waals surface area contributed by atoms with E-state index in [4.69, 9.17) is 0 Å². The van der Waals surface area contributed by atoms with Gasteiger partial charge in [0.15, 0.2) is 9.84 Å². The number of anilines is 1. The van der Waals surface area contributed by atoms with Gasteiger partial charge >= 0.3 is 5.97 Å². The van der Waals surface area contributed by atoms with Gasteiger partial charge in [-0.25, -0.2) is 16.8 Å². The molecule has 1 fully saturated rings. The smallest absolute Gasteiger partial charge is 0.303 e. The summed E-state index contributed by atoms with van der Waals surface area (Å²) in [6.45, 7) is 0.860. The van der Waals surface area contributed by atoms with Crippen LogP contribution in [-0.2, 0) is 24.5 Å². The van der Waals surface area contributed by atoms with E-state index in [1.54, 1.807) is 54.2 Å². The maximum atomic E-state index is 13.4. The Bertz CT molecular complexity index is 1440. The zero-order valence-electron chi connectivity index (χ0n) is 19.2. The molecule has 1 aliphatic rings. The molecule has 0 amide bonds. The van der Waals surface area contributed by atoms with Crippen molar-refractivity contribution >= 4 is 43.1 Å². The number of carboxylic acid groups (broad SMARTS) is 1. The lowest BCUT2D eigenvalue weighted by atomic mass is 9.98. The summed E-state index contributed by atoms with van der Waals surface area (Å²) in [5, 5.41) is 15.8. The summed E-state index contributed by atoms with van der Waals surface area (Å²) < 4.78 is 53.2. The van der Waals surface area contributed by atoms with Crippen LogP contribution in [0.4, 0.5) is 5.69 Å². The molecule has 1 aliphatic heterocycles. The summed E-state index contributed by atoms with van der Waals surface area (Å²) >= 11 is 1.68. The van der Waals surface area contributed by atoms with Gasteiger partial charge in [0, 0.05) is 23.9 Å². The molecular formula is C25H26N2O6S3. The molecule has 2 atom stereocenters. The van der Waals surface area contributed by atoms with Crippen molar-refractivity contribution < 1.29 is 26.7 Å². The van der Waals surface area contributed by atoms with Crippen molar-refractivity contribution in [2.75, 3.05) is 23.4 Å². The van der Waals surface area contributed by atoms with Crippen molar-refractivity contribution in [1.82, 2.24) is 5.32 Å². The lowest BCUT2D eigenvalue weighted by Crippen LogP contribution is -2.27. The zero-order chi connectivity index (χ0) is 25.8. The normalized spacial score (nSPS) is 16.9. The first-order valence-corrected chi connectivity index (χ1v) is 15.4. The topological polar surface area (TPSA) is 130 Å². The largest absolute Gasteiger partial charge is 0.481 e. The molecule has 2 unspecified atom stereocenters. The van der Waals surface area contributed by atoms with Gasteiger partial charge in [-0.3, -0.25) is 10.1 Å². The van der Waals surface area contributed by atoms with Crippen LogP contribution in [-0.4, -0.2) is 51.5 Å². The predicted molar refractivity (Wildman–Crippen MR) is 140 cm³/mol. The minimum atomic E-state index is -4.00. The van der Waals surface area contributed by atoms with Crippen LogP contribution < -0.4 is 10.6 Å². The van der Waals surface area contributed by atoms with Crippen molar-refractivity contribution in [3.8, 4) is 0 Å². The van der Waals surface area contributed by atoms with Crippen LogP contribution in [0.15, 0.2) is 93.5 Å². The SMILES string of the molecule is O=C(O)CC(CS(=O)(=O)c1cccc(S(=O)(=O)c2cccc(NC3NCCS3)c2)c1)c1ccccc1. The Labute approximate surface area is 215 Å². The van der Waals surface area contributed by atoms with E-state index >= 15 is 0 Å². The molecule has 1 saturated heterocycles. The molecular weight excluding hydrogens is 520 g/mol. The van der Waals surface area contributed by atoms with Crippen LogP contribution in [0, 0.1) is 0 Å². The van der Waals surface area contributed by atoms with Crippen molar-refractivity contribution in [3.05, 3.63) is 84.4 Å². The van der Waals surface area contributed by atoms with E-state index in [0.717, 1.165) is 18.4 Å². The highest BCUT2D eigenvalue weighted by atomic mass is 32.2. The molecule has 0 saturated carbocycles. The number of hydrogen-bond donors (Lipinski definition) is 3. The Morgan fingerprint density at radius 2 is 1.61 bits per heavy atom. The molecule has 0 bridgehead atoms. The van der Waals surface area contributed by atoms with Crippen LogP contribution in [0.5, 0.6) is 0 Å². The van der Waals surface area contributed by atoms with E-state index in [1.165, 1.54) is 30.3 Å². The number of aliphatic carboxylic acids is 1. The molecule has 4 rings (SSSR count).